The molecule has 0 spiro atoms. The number of amides is 1. The number of morpholine rings is 1. The minimum Gasteiger partial charge on any atom is -0.483 e. The second-order valence-corrected chi connectivity index (χ2v) is 5.61. The van der Waals surface area contributed by atoms with Crippen LogP contribution in [0.1, 0.15) is 25.0 Å². The van der Waals surface area contributed by atoms with Gasteiger partial charge in [-0.1, -0.05) is 12.1 Å². The lowest BCUT2D eigenvalue weighted by Gasteiger charge is -2.35. The van der Waals surface area contributed by atoms with Crippen LogP contribution in [0.4, 0.5) is 0 Å². The Morgan fingerprint density at radius 2 is 1.95 bits per heavy atom. The molecule has 0 aromatic heterocycles. The van der Waals surface area contributed by atoms with Gasteiger partial charge in [0.2, 0.25) is 0 Å². The smallest absolute Gasteiger partial charge is 0.260 e. The van der Waals surface area contributed by atoms with Gasteiger partial charge >= 0.3 is 0 Å². The molecule has 2 rings (SSSR count). The largest absolute Gasteiger partial charge is 0.483 e. The Balaban J connectivity index is 1.93. The van der Waals surface area contributed by atoms with E-state index in [1.807, 2.05) is 50.8 Å². The first-order chi connectivity index (χ1) is 9.45. The zero-order valence-electron chi connectivity index (χ0n) is 12.7. The fraction of sp³-hybridized carbons (Fsp3) is 0.562. The van der Waals surface area contributed by atoms with Crippen LogP contribution in [-0.2, 0) is 9.53 Å². The maximum atomic E-state index is 12.2. The van der Waals surface area contributed by atoms with Gasteiger partial charge in [0.05, 0.1) is 12.2 Å². The van der Waals surface area contributed by atoms with E-state index in [1.165, 1.54) is 0 Å². The van der Waals surface area contributed by atoms with Gasteiger partial charge in [-0.25, -0.2) is 0 Å². The average Bonchev–Trinajstić information content (AvgIpc) is 2.38. The summed E-state index contributed by atoms with van der Waals surface area (Å²) in [7, 11) is 0. The molecule has 0 N–H and O–H groups in total. The quantitative estimate of drug-likeness (QED) is 0.851. The zero-order valence-corrected chi connectivity index (χ0v) is 12.7. The van der Waals surface area contributed by atoms with Crippen molar-refractivity contribution in [3.05, 3.63) is 29.3 Å². The molecule has 1 heterocycles. The summed E-state index contributed by atoms with van der Waals surface area (Å²) >= 11 is 0. The molecule has 1 aliphatic rings. The normalized spacial score (nSPS) is 22.7. The van der Waals surface area contributed by atoms with Crippen LogP contribution >= 0.6 is 0 Å². The third-order valence-electron chi connectivity index (χ3n) is 3.47. The second-order valence-electron chi connectivity index (χ2n) is 5.61. The average molecular weight is 277 g/mol. The van der Waals surface area contributed by atoms with Gasteiger partial charge in [-0.2, -0.15) is 0 Å². The van der Waals surface area contributed by atoms with Crippen molar-refractivity contribution in [3.8, 4) is 5.75 Å². The molecular formula is C16H23NO3. The van der Waals surface area contributed by atoms with Crippen LogP contribution < -0.4 is 4.74 Å². The predicted octanol–water partition coefficient (Wildman–Crippen LogP) is 2.32. The third kappa shape index (κ3) is 3.73. The first-order valence-corrected chi connectivity index (χ1v) is 7.09. The summed E-state index contributed by atoms with van der Waals surface area (Å²) in [6.07, 6.45) is 0.173. The van der Waals surface area contributed by atoms with Gasteiger partial charge in [0.25, 0.3) is 5.91 Å². The van der Waals surface area contributed by atoms with Crippen molar-refractivity contribution in [2.45, 2.75) is 39.9 Å². The van der Waals surface area contributed by atoms with E-state index in [0.717, 1.165) is 16.9 Å². The molecule has 0 unspecified atom stereocenters. The van der Waals surface area contributed by atoms with E-state index < -0.39 is 0 Å². The van der Waals surface area contributed by atoms with Crippen LogP contribution in [0.2, 0.25) is 0 Å². The second kappa shape index (κ2) is 6.27. The number of hydrogen-bond donors (Lipinski definition) is 0. The van der Waals surface area contributed by atoms with Gasteiger partial charge in [0.15, 0.2) is 6.61 Å². The number of ether oxygens (including phenoxy) is 2. The lowest BCUT2D eigenvalue weighted by atomic mass is 10.1. The molecule has 4 heteroatoms. The fourth-order valence-corrected chi connectivity index (χ4v) is 2.48. The number of aryl methyl sites for hydroxylation is 2. The van der Waals surface area contributed by atoms with E-state index in [4.69, 9.17) is 9.47 Å². The van der Waals surface area contributed by atoms with E-state index in [-0.39, 0.29) is 24.7 Å². The lowest BCUT2D eigenvalue weighted by Crippen LogP contribution is -2.49. The lowest BCUT2D eigenvalue weighted by molar-refractivity contribution is -0.145. The molecule has 1 aromatic rings. The molecule has 4 nitrogen and oxygen atoms in total. The van der Waals surface area contributed by atoms with E-state index in [9.17, 15) is 4.79 Å². The highest BCUT2D eigenvalue weighted by Crippen LogP contribution is 2.19. The van der Waals surface area contributed by atoms with Crippen LogP contribution in [-0.4, -0.2) is 42.7 Å². The molecule has 0 aliphatic carbocycles. The molecule has 2 atom stereocenters. The fourth-order valence-electron chi connectivity index (χ4n) is 2.48. The summed E-state index contributed by atoms with van der Waals surface area (Å²) in [4.78, 5) is 14.0. The number of rotatable bonds is 3. The standard InChI is InChI=1S/C16H23NO3/c1-11-5-6-12(2)15(7-11)19-10-16(18)17-8-13(3)20-14(4)9-17/h5-7,13-14H,8-10H2,1-4H3/t13-,14-/m1/s1. The van der Waals surface area contributed by atoms with Gasteiger partial charge in [-0.3, -0.25) is 4.79 Å². The summed E-state index contributed by atoms with van der Waals surface area (Å²) in [6, 6.07) is 6.01. The molecule has 110 valence electrons. The van der Waals surface area contributed by atoms with E-state index in [1.54, 1.807) is 0 Å². The minimum atomic E-state index is 0.0212. The predicted molar refractivity (Wildman–Crippen MR) is 78.0 cm³/mol. The van der Waals surface area contributed by atoms with Gasteiger partial charge in [0.1, 0.15) is 5.75 Å². The summed E-state index contributed by atoms with van der Waals surface area (Å²) in [6.45, 7) is 9.34. The molecule has 0 radical (unpaired) electrons. The van der Waals surface area contributed by atoms with E-state index in [0.29, 0.717) is 13.1 Å². The Morgan fingerprint density at radius 1 is 1.30 bits per heavy atom. The van der Waals surface area contributed by atoms with Crippen molar-refractivity contribution < 1.29 is 14.3 Å². The molecule has 0 bridgehead atoms. The topological polar surface area (TPSA) is 38.8 Å². The van der Waals surface area contributed by atoms with Gasteiger partial charge in [0, 0.05) is 13.1 Å². The number of nitrogens with zero attached hydrogens (tertiary/aromatic N) is 1. The third-order valence-corrected chi connectivity index (χ3v) is 3.47. The van der Waals surface area contributed by atoms with Crippen LogP contribution in [0.5, 0.6) is 5.75 Å². The molecular weight excluding hydrogens is 254 g/mol. The Kier molecular flexibility index (Phi) is 4.65. The highest BCUT2D eigenvalue weighted by Gasteiger charge is 2.26. The highest BCUT2D eigenvalue weighted by atomic mass is 16.5. The summed E-state index contributed by atoms with van der Waals surface area (Å²) in [5.41, 5.74) is 2.18. The van der Waals surface area contributed by atoms with E-state index in [2.05, 4.69) is 0 Å². The van der Waals surface area contributed by atoms with Crippen molar-refractivity contribution in [2.75, 3.05) is 19.7 Å². The Labute approximate surface area is 120 Å². The van der Waals surface area contributed by atoms with Gasteiger partial charge < -0.3 is 14.4 Å². The molecule has 1 aromatic carbocycles. The summed E-state index contributed by atoms with van der Waals surface area (Å²) in [5.74, 6) is 0.806. The number of carbonyl (C=O) groups is 1. The van der Waals surface area contributed by atoms with Gasteiger partial charge in [-0.05, 0) is 44.9 Å². The van der Waals surface area contributed by atoms with Crippen LogP contribution in [0.25, 0.3) is 0 Å². The van der Waals surface area contributed by atoms with Crippen molar-refractivity contribution in [2.24, 2.45) is 0 Å². The van der Waals surface area contributed by atoms with Crippen LogP contribution in [0.3, 0.4) is 0 Å². The Morgan fingerprint density at radius 3 is 2.60 bits per heavy atom. The number of benzene rings is 1. The molecule has 0 saturated carbocycles. The SMILES string of the molecule is Cc1ccc(C)c(OCC(=O)N2C[C@@H](C)O[C@H](C)C2)c1. The molecule has 20 heavy (non-hydrogen) atoms. The van der Waals surface area contributed by atoms with Crippen LogP contribution in [0.15, 0.2) is 18.2 Å². The van der Waals surface area contributed by atoms with E-state index >= 15 is 0 Å². The highest BCUT2D eigenvalue weighted by molar-refractivity contribution is 5.78. The van der Waals surface area contributed by atoms with Crippen molar-refractivity contribution in [1.29, 1.82) is 0 Å². The Bertz CT molecular complexity index is 477. The molecule has 1 fully saturated rings. The maximum absolute atomic E-state index is 12.2. The first-order valence-electron chi connectivity index (χ1n) is 7.09. The number of hydrogen-bond acceptors (Lipinski definition) is 3. The maximum Gasteiger partial charge on any atom is 0.260 e. The monoisotopic (exact) mass is 277 g/mol. The Hall–Kier alpha value is -1.55. The van der Waals surface area contributed by atoms with Crippen molar-refractivity contribution in [1.82, 2.24) is 4.90 Å². The van der Waals surface area contributed by atoms with Gasteiger partial charge in [-0.15, -0.1) is 0 Å². The first kappa shape index (κ1) is 14.9. The summed E-state index contributed by atoms with van der Waals surface area (Å²) in [5, 5.41) is 0. The molecule has 1 amide bonds. The van der Waals surface area contributed by atoms with Crippen LogP contribution in [0, 0.1) is 13.8 Å². The minimum absolute atomic E-state index is 0.0212. The molecule has 1 aliphatic heterocycles. The molecule has 1 saturated heterocycles. The zero-order chi connectivity index (χ0) is 14.7. The summed E-state index contributed by atoms with van der Waals surface area (Å²) < 4.78 is 11.3. The van der Waals surface area contributed by atoms with Crippen molar-refractivity contribution >= 4 is 5.91 Å². The van der Waals surface area contributed by atoms with Crippen molar-refractivity contribution in [3.63, 3.8) is 0 Å². The number of carbonyl (C=O) groups excluding carboxylic acids is 1.